The summed E-state index contributed by atoms with van der Waals surface area (Å²) in [6.07, 6.45) is 30.3. The van der Waals surface area contributed by atoms with Crippen molar-refractivity contribution in [2.45, 2.75) is 88.6 Å². The molecule has 0 bridgehead atoms. The number of hydrogen-bond donors (Lipinski definition) is 0. The average Bonchev–Trinajstić information content (AvgIpc) is 3.52. The lowest BCUT2D eigenvalue weighted by Gasteiger charge is -2.41. The van der Waals surface area contributed by atoms with Crippen molar-refractivity contribution < 1.29 is 4.74 Å². The van der Waals surface area contributed by atoms with Crippen molar-refractivity contribution in [3.8, 4) is 5.75 Å². The van der Waals surface area contributed by atoms with E-state index in [4.69, 9.17) is 4.74 Å². The molecule has 234 valence electrons. The molecule has 3 aromatic carbocycles. The van der Waals surface area contributed by atoms with Gasteiger partial charge < -0.3 is 4.74 Å². The Kier molecular flexibility index (Phi) is 6.70. The number of rotatable bonds is 3. The summed E-state index contributed by atoms with van der Waals surface area (Å²) >= 11 is 0. The molecule has 0 saturated carbocycles. The van der Waals surface area contributed by atoms with Crippen LogP contribution in [0.4, 0.5) is 0 Å². The van der Waals surface area contributed by atoms with E-state index in [2.05, 4.69) is 103 Å². The van der Waals surface area contributed by atoms with E-state index in [1.807, 2.05) is 0 Å². The molecule has 47 heavy (non-hydrogen) atoms. The minimum atomic E-state index is 0.200. The van der Waals surface area contributed by atoms with E-state index in [-0.39, 0.29) is 6.10 Å². The number of fused-ring (bicyclic) bond motifs is 7. The third-order valence-electron chi connectivity index (χ3n) is 12.5. The molecular weight excluding hydrogens is 569 g/mol. The van der Waals surface area contributed by atoms with Gasteiger partial charge >= 0.3 is 0 Å². The van der Waals surface area contributed by atoms with Crippen LogP contribution in [0.25, 0.3) is 17.2 Å². The topological polar surface area (TPSA) is 9.23 Å². The summed E-state index contributed by atoms with van der Waals surface area (Å²) in [5, 5.41) is 0. The molecule has 0 spiro atoms. The van der Waals surface area contributed by atoms with E-state index in [0.717, 1.165) is 25.7 Å². The van der Waals surface area contributed by atoms with E-state index >= 15 is 0 Å². The van der Waals surface area contributed by atoms with Crippen LogP contribution in [0.3, 0.4) is 0 Å². The molecule has 0 aromatic heterocycles. The van der Waals surface area contributed by atoms with Crippen LogP contribution in [0.2, 0.25) is 0 Å². The summed E-state index contributed by atoms with van der Waals surface area (Å²) in [5.74, 6) is 3.08. The zero-order valence-corrected chi connectivity index (χ0v) is 27.4. The van der Waals surface area contributed by atoms with Gasteiger partial charge in [-0.15, -0.1) is 0 Å². The minimum Gasteiger partial charge on any atom is -0.485 e. The second-order valence-corrected chi connectivity index (χ2v) is 15.0. The van der Waals surface area contributed by atoms with Crippen molar-refractivity contribution in [3.05, 3.63) is 153 Å². The zero-order chi connectivity index (χ0) is 30.9. The number of hydrogen-bond acceptors (Lipinski definition) is 1. The van der Waals surface area contributed by atoms with Crippen molar-refractivity contribution >= 4 is 17.2 Å². The lowest BCUT2D eigenvalue weighted by molar-refractivity contribution is 0.249. The highest BCUT2D eigenvalue weighted by Gasteiger charge is 2.41. The summed E-state index contributed by atoms with van der Waals surface area (Å²) in [4.78, 5) is 0. The molecule has 0 N–H and O–H groups in total. The van der Waals surface area contributed by atoms with E-state index in [1.54, 1.807) is 27.9 Å². The first kappa shape index (κ1) is 28.0. The average molecular weight is 613 g/mol. The standard InChI is InChI=1S/C46H44O/c1-3-16-34-29(11-1)13-10-22-35(34)31-14-9-15-32(27-31)44-37-18-5-7-20-39(37)45(40-21-8-6-19-38(40)44)33-24-26-43-42(28-33)41-25-23-30-12-2-4-17-36(30)46(41)47-43/h1-2,5,7-9,11-12,14-15,18,20-21,23,25,27-28,33,35,38,43-44H,3-4,6,10,13,16-17,19,22,24,26H2. The Morgan fingerprint density at radius 1 is 0.681 bits per heavy atom. The van der Waals surface area contributed by atoms with Crippen LogP contribution < -0.4 is 4.74 Å². The van der Waals surface area contributed by atoms with Crippen LogP contribution in [-0.2, 0) is 6.42 Å². The van der Waals surface area contributed by atoms with Crippen LogP contribution in [-0.4, -0.2) is 6.10 Å². The van der Waals surface area contributed by atoms with Crippen LogP contribution in [0, 0.1) is 11.8 Å². The zero-order valence-electron chi connectivity index (χ0n) is 27.4. The van der Waals surface area contributed by atoms with E-state index in [1.165, 1.54) is 89.6 Å². The van der Waals surface area contributed by atoms with Gasteiger partial charge in [-0.3, -0.25) is 0 Å². The fourth-order valence-electron chi connectivity index (χ4n) is 10.5. The van der Waals surface area contributed by atoms with Gasteiger partial charge in [0.25, 0.3) is 0 Å². The molecule has 1 heterocycles. The number of allylic oxidation sites excluding steroid dienone is 10. The molecule has 0 radical (unpaired) electrons. The van der Waals surface area contributed by atoms with Crippen molar-refractivity contribution in [3.63, 3.8) is 0 Å². The highest BCUT2D eigenvalue weighted by atomic mass is 16.5. The highest BCUT2D eigenvalue weighted by molar-refractivity contribution is 5.86. The van der Waals surface area contributed by atoms with E-state index in [0.29, 0.717) is 23.7 Å². The van der Waals surface area contributed by atoms with Crippen molar-refractivity contribution in [1.82, 2.24) is 0 Å². The second kappa shape index (κ2) is 11.3. The first-order chi connectivity index (χ1) is 23.3. The minimum absolute atomic E-state index is 0.200. The summed E-state index contributed by atoms with van der Waals surface area (Å²) in [5.41, 5.74) is 18.2. The molecule has 3 aromatic rings. The Hall–Kier alpha value is -4.10. The van der Waals surface area contributed by atoms with Crippen molar-refractivity contribution in [1.29, 1.82) is 0 Å². The lowest BCUT2D eigenvalue weighted by atomic mass is 9.62. The van der Waals surface area contributed by atoms with Crippen LogP contribution in [0.1, 0.15) is 115 Å². The molecule has 1 aliphatic heterocycles. The van der Waals surface area contributed by atoms with Crippen molar-refractivity contribution in [2.75, 3.05) is 0 Å². The van der Waals surface area contributed by atoms with Gasteiger partial charge in [0.05, 0.1) is 0 Å². The Bertz CT molecular complexity index is 1970. The highest BCUT2D eigenvalue weighted by Crippen LogP contribution is 2.55. The molecular formula is C46H44O. The van der Waals surface area contributed by atoms with Gasteiger partial charge in [0, 0.05) is 28.9 Å². The molecule has 5 atom stereocenters. The number of benzene rings is 3. The SMILES string of the molecule is C1=CC2=C(CC1)C(c1cccc(C3c4ccccc4C(C4C=C5c6ccc7c(c6OC5CC4)CCC=C7)=C4C=CCCC43)c1)CCC2. The summed E-state index contributed by atoms with van der Waals surface area (Å²) in [7, 11) is 0. The maximum absolute atomic E-state index is 6.75. The summed E-state index contributed by atoms with van der Waals surface area (Å²) in [6, 6.07) is 24.0. The third-order valence-corrected chi connectivity index (χ3v) is 12.5. The molecule has 6 aliphatic carbocycles. The predicted octanol–water partition coefficient (Wildman–Crippen LogP) is 11.7. The van der Waals surface area contributed by atoms with E-state index in [9.17, 15) is 0 Å². The van der Waals surface area contributed by atoms with Crippen LogP contribution in [0.5, 0.6) is 5.75 Å². The molecule has 1 heteroatoms. The maximum atomic E-state index is 6.75. The first-order valence-electron chi connectivity index (χ1n) is 18.5. The van der Waals surface area contributed by atoms with Gasteiger partial charge in [-0.25, -0.2) is 0 Å². The largest absolute Gasteiger partial charge is 0.485 e. The van der Waals surface area contributed by atoms with Gasteiger partial charge in [-0.1, -0.05) is 109 Å². The Labute approximate surface area is 280 Å². The first-order valence-corrected chi connectivity index (χ1v) is 18.5. The molecule has 1 nitrogen and oxygen atoms in total. The van der Waals surface area contributed by atoms with Crippen LogP contribution >= 0.6 is 0 Å². The Balaban J connectivity index is 1.07. The maximum Gasteiger partial charge on any atom is 0.131 e. The molecule has 5 unspecified atom stereocenters. The van der Waals surface area contributed by atoms with Gasteiger partial charge in [0.2, 0.25) is 0 Å². The fraction of sp³-hybridized carbons (Fsp3) is 0.348. The predicted molar refractivity (Wildman–Crippen MR) is 194 cm³/mol. The van der Waals surface area contributed by atoms with Gasteiger partial charge in [-0.05, 0) is 127 Å². The molecule has 10 rings (SSSR count). The normalized spacial score (nSPS) is 28.4. The summed E-state index contributed by atoms with van der Waals surface area (Å²) in [6.45, 7) is 0. The van der Waals surface area contributed by atoms with Gasteiger partial charge in [0.1, 0.15) is 11.9 Å². The van der Waals surface area contributed by atoms with Crippen molar-refractivity contribution in [2.24, 2.45) is 11.8 Å². The molecule has 7 aliphatic rings. The molecule has 0 fully saturated rings. The quantitative estimate of drug-likeness (QED) is 0.286. The van der Waals surface area contributed by atoms with Crippen LogP contribution in [0.15, 0.2) is 114 Å². The monoisotopic (exact) mass is 612 g/mol. The van der Waals surface area contributed by atoms with E-state index < -0.39 is 0 Å². The third kappa shape index (κ3) is 4.49. The molecule has 0 saturated heterocycles. The second-order valence-electron chi connectivity index (χ2n) is 15.0. The summed E-state index contributed by atoms with van der Waals surface area (Å²) < 4.78 is 6.75. The Morgan fingerprint density at radius 3 is 2.57 bits per heavy atom. The fourth-order valence-corrected chi connectivity index (χ4v) is 10.5. The smallest absolute Gasteiger partial charge is 0.131 e. The van der Waals surface area contributed by atoms with Gasteiger partial charge in [0.15, 0.2) is 0 Å². The Morgan fingerprint density at radius 2 is 1.57 bits per heavy atom. The van der Waals surface area contributed by atoms with Gasteiger partial charge in [-0.2, -0.15) is 0 Å². The lowest BCUT2D eigenvalue weighted by Crippen LogP contribution is -2.28. The molecule has 0 amide bonds. The number of ether oxygens (including phenoxy) is 1.